The van der Waals surface area contributed by atoms with Gasteiger partial charge in [-0.1, -0.05) is 6.92 Å². The van der Waals surface area contributed by atoms with E-state index in [2.05, 4.69) is 0 Å². The fourth-order valence-electron chi connectivity index (χ4n) is 4.72. The second-order valence-corrected chi connectivity index (χ2v) is 8.88. The first-order valence-corrected chi connectivity index (χ1v) is 12.0. The molecule has 0 aliphatic carbocycles. The minimum absolute atomic E-state index is 0.198. The average Bonchev–Trinajstić information content (AvgIpc) is 2.80. The minimum Gasteiger partial charge on any atom is -0.472 e. The van der Waals surface area contributed by atoms with Crippen molar-refractivity contribution in [3.05, 3.63) is 11.8 Å². The normalized spacial score (nSPS) is 33.0. The van der Waals surface area contributed by atoms with Gasteiger partial charge in [-0.25, -0.2) is 4.79 Å². The van der Waals surface area contributed by atoms with E-state index < -0.39 is 66.8 Å². The van der Waals surface area contributed by atoms with Gasteiger partial charge in [-0.3, -0.25) is 19.2 Å². The maximum Gasteiger partial charge on any atom is 0.337 e. The van der Waals surface area contributed by atoms with Crippen molar-refractivity contribution >= 4 is 29.8 Å². The van der Waals surface area contributed by atoms with Gasteiger partial charge in [0, 0.05) is 39.5 Å². The van der Waals surface area contributed by atoms with Crippen LogP contribution in [0.4, 0.5) is 0 Å². The Kier molecular flexibility index (Phi) is 9.49. The third-order valence-electron chi connectivity index (χ3n) is 6.18. The van der Waals surface area contributed by atoms with Crippen LogP contribution in [-0.2, 0) is 61.9 Å². The predicted octanol–water partition coefficient (Wildman–Crippen LogP) is 0.916. The largest absolute Gasteiger partial charge is 0.472 e. The van der Waals surface area contributed by atoms with E-state index in [0.29, 0.717) is 18.4 Å². The topological polar surface area (TPSA) is 159 Å². The molecular formula is C24H32O13. The maximum absolute atomic E-state index is 12.2. The van der Waals surface area contributed by atoms with Crippen LogP contribution in [0.3, 0.4) is 0 Å². The van der Waals surface area contributed by atoms with Gasteiger partial charge in [0.25, 0.3) is 0 Å². The summed E-state index contributed by atoms with van der Waals surface area (Å²) >= 11 is 0. The SMILES string of the molecule is CC[C@H]1[C@H](O[C@@H]2O[C@H](COC(C)=O)[C@@H](OC(C)=O)[C@H](OC(C)=O)[C@H]2OC(C)=O)OC=C2C(=O)OCC[C@@H]21. The highest BCUT2D eigenvalue weighted by Gasteiger charge is 2.54. The Morgan fingerprint density at radius 3 is 2.11 bits per heavy atom. The first-order chi connectivity index (χ1) is 17.5. The lowest BCUT2D eigenvalue weighted by Crippen LogP contribution is -2.63. The Morgan fingerprint density at radius 2 is 1.51 bits per heavy atom. The second kappa shape index (κ2) is 12.4. The van der Waals surface area contributed by atoms with Gasteiger partial charge in [0.15, 0.2) is 18.3 Å². The van der Waals surface area contributed by atoms with E-state index >= 15 is 0 Å². The number of fused-ring (bicyclic) bond motifs is 1. The molecule has 3 aliphatic heterocycles. The molecule has 2 fully saturated rings. The van der Waals surface area contributed by atoms with Crippen LogP contribution >= 0.6 is 0 Å². The van der Waals surface area contributed by atoms with Crippen LogP contribution in [0.25, 0.3) is 0 Å². The lowest BCUT2D eigenvalue weighted by Gasteiger charge is -2.46. The third kappa shape index (κ3) is 6.98. The molecule has 0 saturated carbocycles. The quantitative estimate of drug-likeness (QED) is 0.323. The minimum atomic E-state index is -1.38. The zero-order valence-electron chi connectivity index (χ0n) is 21.3. The Balaban J connectivity index is 1.95. The molecule has 0 bridgehead atoms. The molecule has 3 heterocycles. The fourth-order valence-corrected chi connectivity index (χ4v) is 4.72. The highest BCUT2D eigenvalue weighted by molar-refractivity contribution is 5.89. The van der Waals surface area contributed by atoms with Crippen LogP contribution in [0.1, 0.15) is 47.5 Å². The standard InChI is InChI=1S/C24H32O13/c1-6-15-16-7-8-30-22(29)17(16)9-32-23(15)37-24-21(35-14(5)28)20(34-13(4)27)19(33-12(3)26)18(36-24)10-31-11(2)25/h9,15-16,18-21,23-24H,6-8,10H2,1-5H3/t15-,16-,18-,19-,20+,21-,23+,24+/m1/s1. The first-order valence-electron chi connectivity index (χ1n) is 12.0. The summed E-state index contributed by atoms with van der Waals surface area (Å²) in [4.78, 5) is 59.5. The van der Waals surface area contributed by atoms with Crippen LogP contribution in [0, 0.1) is 11.8 Å². The molecule has 0 aromatic rings. The lowest BCUT2D eigenvalue weighted by atomic mass is 9.79. The van der Waals surface area contributed by atoms with Gasteiger partial charge in [-0.2, -0.15) is 0 Å². The van der Waals surface area contributed by atoms with Crippen LogP contribution in [0.5, 0.6) is 0 Å². The third-order valence-corrected chi connectivity index (χ3v) is 6.18. The van der Waals surface area contributed by atoms with Gasteiger partial charge >= 0.3 is 29.8 Å². The molecule has 3 rings (SSSR count). The molecule has 0 spiro atoms. The van der Waals surface area contributed by atoms with E-state index in [0.717, 1.165) is 20.8 Å². The van der Waals surface area contributed by atoms with Crippen molar-refractivity contribution in [2.45, 2.75) is 84.5 Å². The molecule has 0 amide bonds. The number of hydrogen-bond donors (Lipinski definition) is 0. The van der Waals surface area contributed by atoms with Crippen molar-refractivity contribution in [3.8, 4) is 0 Å². The number of esters is 5. The molecule has 0 aromatic carbocycles. The molecule has 0 radical (unpaired) electrons. The Hall–Kier alpha value is -3.19. The van der Waals surface area contributed by atoms with E-state index in [1.165, 1.54) is 13.2 Å². The van der Waals surface area contributed by atoms with Gasteiger partial charge in [0.2, 0.25) is 12.6 Å². The van der Waals surface area contributed by atoms with Crippen LogP contribution in [0.15, 0.2) is 11.8 Å². The van der Waals surface area contributed by atoms with Crippen molar-refractivity contribution < 1.29 is 61.9 Å². The summed E-state index contributed by atoms with van der Waals surface area (Å²) in [5.74, 6) is -3.80. The second-order valence-electron chi connectivity index (χ2n) is 8.88. The lowest BCUT2D eigenvalue weighted by molar-refractivity contribution is -0.344. The molecule has 2 saturated heterocycles. The summed E-state index contributed by atoms with van der Waals surface area (Å²) in [6, 6.07) is 0. The van der Waals surface area contributed by atoms with Gasteiger partial charge < -0.3 is 37.9 Å². The molecule has 13 heteroatoms. The number of carbonyl (C=O) groups excluding carboxylic acids is 5. The highest BCUT2D eigenvalue weighted by atomic mass is 16.8. The summed E-state index contributed by atoms with van der Waals surface area (Å²) in [5.41, 5.74) is 0.402. The molecule has 37 heavy (non-hydrogen) atoms. The highest BCUT2D eigenvalue weighted by Crippen LogP contribution is 2.40. The Bertz CT molecular complexity index is 928. The van der Waals surface area contributed by atoms with Crippen molar-refractivity contribution in [2.24, 2.45) is 11.8 Å². The summed E-state index contributed by atoms with van der Waals surface area (Å²) in [5, 5.41) is 0. The molecule has 13 nitrogen and oxygen atoms in total. The van der Waals surface area contributed by atoms with Gasteiger partial charge in [-0.15, -0.1) is 0 Å². The molecule has 3 aliphatic rings. The van der Waals surface area contributed by atoms with Crippen molar-refractivity contribution in [3.63, 3.8) is 0 Å². The molecule has 0 unspecified atom stereocenters. The summed E-state index contributed by atoms with van der Waals surface area (Å²) in [6.07, 6.45) is -5.08. The maximum atomic E-state index is 12.2. The number of rotatable bonds is 8. The number of ether oxygens (including phenoxy) is 8. The Labute approximate surface area is 213 Å². The number of cyclic esters (lactones) is 1. The van der Waals surface area contributed by atoms with Crippen molar-refractivity contribution in [1.29, 1.82) is 0 Å². The smallest absolute Gasteiger partial charge is 0.337 e. The van der Waals surface area contributed by atoms with E-state index in [-0.39, 0.29) is 25.0 Å². The van der Waals surface area contributed by atoms with E-state index in [1.54, 1.807) is 0 Å². The summed E-state index contributed by atoms with van der Waals surface area (Å²) < 4.78 is 44.2. The van der Waals surface area contributed by atoms with Crippen LogP contribution in [0.2, 0.25) is 0 Å². The van der Waals surface area contributed by atoms with E-state index in [9.17, 15) is 24.0 Å². The fraction of sp³-hybridized carbons (Fsp3) is 0.708. The van der Waals surface area contributed by atoms with Crippen molar-refractivity contribution in [1.82, 2.24) is 0 Å². The van der Waals surface area contributed by atoms with E-state index in [4.69, 9.17) is 37.9 Å². The molecule has 0 N–H and O–H groups in total. The number of carbonyl (C=O) groups is 5. The molecular weight excluding hydrogens is 496 g/mol. The number of hydrogen-bond acceptors (Lipinski definition) is 13. The molecule has 206 valence electrons. The first kappa shape index (κ1) is 28.4. The molecule has 0 aromatic heterocycles. The zero-order valence-corrected chi connectivity index (χ0v) is 21.3. The van der Waals surface area contributed by atoms with Gasteiger partial charge in [-0.05, 0) is 12.8 Å². The molecule has 8 atom stereocenters. The van der Waals surface area contributed by atoms with Gasteiger partial charge in [0.1, 0.15) is 12.7 Å². The summed E-state index contributed by atoms with van der Waals surface area (Å²) in [6.45, 7) is 6.38. The van der Waals surface area contributed by atoms with Gasteiger partial charge in [0.05, 0.1) is 18.4 Å². The van der Waals surface area contributed by atoms with Crippen molar-refractivity contribution in [2.75, 3.05) is 13.2 Å². The van der Waals surface area contributed by atoms with Crippen LogP contribution in [-0.4, -0.2) is 80.1 Å². The predicted molar refractivity (Wildman–Crippen MR) is 119 cm³/mol. The van der Waals surface area contributed by atoms with E-state index in [1.807, 2.05) is 6.92 Å². The summed E-state index contributed by atoms with van der Waals surface area (Å²) in [7, 11) is 0. The van der Waals surface area contributed by atoms with Crippen LogP contribution < -0.4 is 0 Å². The monoisotopic (exact) mass is 528 g/mol. The average molecular weight is 529 g/mol. The zero-order chi connectivity index (χ0) is 27.3. The Morgan fingerprint density at radius 1 is 0.892 bits per heavy atom.